The van der Waals surface area contributed by atoms with Gasteiger partial charge in [0.1, 0.15) is 5.75 Å². The summed E-state index contributed by atoms with van der Waals surface area (Å²) in [7, 11) is -6.35. The van der Waals surface area contributed by atoms with Crippen LogP contribution >= 0.6 is 67.8 Å². The lowest BCUT2D eigenvalue weighted by atomic mass is 10.2. The monoisotopic (exact) mass is 724 g/mol. The van der Waals surface area contributed by atoms with Crippen molar-refractivity contribution in [2.45, 2.75) is 17.6 Å². The summed E-state index contributed by atoms with van der Waals surface area (Å²) in [5.74, 6) is -6.56. The van der Waals surface area contributed by atoms with Crippen molar-refractivity contribution >= 4 is 83.9 Å². The largest absolute Gasteiger partial charge is 0.506 e. The van der Waals surface area contributed by atoms with Crippen molar-refractivity contribution in [1.82, 2.24) is 0 Å². The number of hydrogen-bond donors (Lipinski definition) is 2. The molecule has 142 valence electrons. The highest BCUT2D eigenvalue weighted by Gasteiger charge is 2.65. The Bertz CT molecular complexity index is 799. The Morgan fingerprint density at radius 2 is 1.68 bits per heavy atom. The maximum Gasteiger partial charge on any atom is 0.431 e. The standard InChI is InChI=1S/C11H7F4I3O6S/c12-10(13,11(14,15)25(21,22)23)1-2-24-9(20)6-4(16)3-5(17)8(19)7(6)18/h3,19H,1-2H2,(H,21,22,23). The van der Waals surface area contributed by atoms with Gasteiger partial charge in [-0.3, -0.25) is 4.55 Å². The van der Waals surface area contributed by atoms with Crippen molar-refractivity contribution in [3.63, 3.8) is 0 Å². The van der Waals surface area contributed by atoms with Crippen LogP contribution in [0.3, 0.4) is 0 Å². The van der Waals surface area contributed by atoms with Crippen LogP contribution in [0.1, 0.15) is 16.8 Å². The lowest BCUT2D eigenvalue weighted by Gasteiger charge is -2.23. The van der Waals surface area contributed by atoms with Crippen LogP contribution in [0.2, 0.25) is 0 Å². The van der Waals surface area contributed by atoms with Crippen LogP contribution < -0.4 is 0 Å². The van der Waals surface area contributed by atoms with E-state index in [1.165, 1.54) is 6.07 Å². The number of carbonyl (C=O) groups is 1. The van der Waals surface area contributed by atoms with Gasteiger partial charge in [-0.05, 0) is 73.8 Å². The summed E-state index contributed by atoms with van der Waals surface area (Å²) < 4.78 is 86.9. The van der Waals surface area contributed by atoms with Crippen LogP contribution in [0.25, 0.3) is 0 Å². The maximum absolute atomic E-state index is 13.3. The molecule has 0 unspecified atom stereocenters. The van der Waals surface area contributed by atoms with Gasteiger partial charge < -0.3 is 9.84 Å². The molecule has 0 aliphatic carbocycles. The molecule has 0 aromatic heterocycles. The summed E-state index contributed by atoms with van der Waals surface area (Å²) in [6.45, 7) is -1.24. The molecule has 0 aliphatic heterocycles. The molecule has 0 atom stereocenters. The van der Waals surface area contributed by atoms with E-state index >= 15 is 0 Å². The van der Waals surface area contributed by atoms with Crippen LogP contribution in [0, 0.1) is 10.7 Å². The highest BCUT2D eigenvalue weighted by atomic mass is 127. The van der Waals surface area contributed by atoms with Gasteiger partial charge in [0.2, 0.25) is 0 Å². The molecular formula is C11H7F4I3O6S. The number of rotatable bonds is 6. The van der Waals surface area contributed by atoms with E-state index in [1.807, 2.05) is 0 Å². The molecule has 0 fully saturated rings. The van der Waals surface area contributed by atoms with Gasteiger partial charge in [-0.25, -0.2) is 4.79 Å². The highest BCUT2D eigenvalue weighted by Crippen LogP contribution is 2.40. The van der Waals surface area contributed by atoms with Gasteiger partial charge in [-0.1, -0.05) is 0 Å². The highest BCUT2D eigenvalue weighted by molar-refractivity contribution is 14.1. The fourth-order valence-electron chi connectivity index (χ4n) is 1.45. The third kappa shape index (κ3) is 4.98. The predicted octanol–water partition coefficient (Wildman–Crippen LogP) is 3.87. The van der Waals surface area contributed by atoms with Crippen LogP contribution in [0.5, 0.6) is 5.75 Å². The molecular weight excluding hydrogens is 717 g/mol. The lowest BCUT2D eigenvalue weighted by molar-refractivity contribution is -0.168. The fourth-order valence-corrected chi connectivity index (χ4v) is 5.74. The fraction of sp³-hybridized carbons (Fsp3) is 0.364. The summed E-state index contributed by atoms with van der Waals surface area (Å²) in [5, 5.41) is 4.05. The second kappa shape index (κ2) is 8.13. The first-order valence-corrected chi connectivity index (χ1v) is 10.6. The Hall–Kier alpha value is 0.310. The van der Waals surface area contributed by atoms with Gasteiger partial charge in [-0.2, -0.15) is 26.0 Å². The number of aromatic hydroxyl groups is 1. The van der Waals surface area contributed by atoms with Gasteiger partial charge >= 0.3 is 27.3 Å². The predicted molar refractivity (Wildman–Crippen MR) is 103 cm³/mol. The normalized spacial score (nSPS) is 13.0. The number of hydrogen-bond acceptors (Lipinski definition) is 5. The number of benzene rings is 1. The van der Waals surface area contributed by atoms with Crippen molar-refractivity contribution in [1.29, 1.82) is 0 Å². The van der Waals surface area contributed by atoms with Crippen LogP contribution in [0.4, 0.5) is 17.6 Å². The van der Waals surface area contributed by atoms with Crippen molar-refractivity contribution < 1.29 is 45.2 Å². The quantitative estimate of drug-likeness (QED) is 0.200. The van der Waals surface area contributed by atoms with E-state index in [2.05, 4.69) is 4.74 Å². The molecule has 1 aromatic carbocycles. The zero-order valence-corrected chi connectivity index (χ0v) is 18.9. The van der Waals surface area contributed by atoms with Crippen molar-refractivity contribution in [3.8, 4) is 5.75 Å². The van der Waals surface area contributed by atoms with Gasteiger partial charge in [0.25, 0.3) is 0 Å². The van der Waals surface area contributed by atoms with E-state index in [0.29, 0.717) is 7.14 Å². The zero-order chi connectivity index (χ0) is 19.8. The second-order valence-corrected chi connectivity index (χ2v) is 9.33. The van der Waals surface area contributed by atoms with Crippen LogP contribution in [-0.2, 0) is 14.9 Å². The third-order valence-electron chi connectivity index (χ3n) is 2.75. The molecule has 0 radical (unpaired) electrons. The molecule has 0 amide bonds. The van der Waals surface area contributed by atoms with Crippen LogP contribution in [-0.4, -0.2) is 41.8 Å². The van der Waals surface area contributed by atoms with Crippen molar-refractivity contribution in [2.24, 2.45) is 0 Å². The van der Waals surface area contributed by atoms with Gasteiger partial charge in [0.05, 0.1) is 25.7 Å². The number of halogens is 7. The van der Waals surface area contributed by atoms with E-state index in [0.717, 1.165) is 0 Å². The van der Waals surface area contributed by atoms with Crippen molar-refractivity contribution in [3.05, 3.63) is 22.3 Å². The van der Waals surface area contributed by atoms with Crippen molar-refractivity contribution in [2.75, 3.05) is 6.61 Å². The summed E-state index contributed by atoms with van der Waals surface area (Å²) in [4.78, 5) is 11.9. The second-order valence-electron chi connectivity index (χ2n) is 4.46. The Kier molecular flexibility index (Phi) is 7.59. The smallest absolute Gasteiger partial charge is 0.431 e. The molecule has 0 heterocycles. The molecule has 6 nitrogen and oxygen atoms in total. The number of esters is 1. The molecule has 25 heavy (non-hydrogen) atoms. The number of phenolic OH excluding ortho intramolecular Hbond substituents is 1. The first kappa shape index (κ1) is 23.3. The van der Waals surface area contributed by atoms with E-state index in [1.54, 1.807) is 67.8 Å². The van der Waals surface area contributed by atoms with Gasteiger partial charge in [0, 0.05) is 3.57 Å². The molecule has 1 rings (SSSR count). The van der Waals surface area contributed by atoms with Crippen LogP contribution in [0.15, 0.2) is 6.07 Å². The van der Waals surface area contributed by atoms with E-state index < -0.39 is 40.3 Å². The molecule has 0 spiro atoms. The van der Waals surface area contributed by atoms with Gasteiger partial charge in [0.15, 0.2) is 0 Å². The summed E-state index contributed by atoms with van der Waals surface area (Å²) in [6, 6.07) is 1.41. The maximum atomic E-state index is 13.3. The first-order chi connectivity index (χ1) is 11.1. The Morgan fingerprint density at radius 3 is 2.16 bits per heavy atom. The Labute approximate surface area is 179 Å². The van der Waals surface area contributed by atoms with E-state index in [-0.39, 0.29) is 14.9 Å². The topological polar surface area (TPSA) is 101 Å². The number of alkyl halides is 4. The molecule has 0 saturated carbocycles. The number of phenols is 1. The molecule has 0 aliphatic rings. The summed E-state index contributed by atoms with van der Waals surface area (Å²) >= 11 is 5.15. The molecule has 14 heteroatoms. The number of carbonyl (C=O) groups excluding carboxylic acids is 1. The minimum Gasteiger partial charge on any atom is -0.506 e. The average molecular weight is 724 g/mol. The lowest BCUT2D eigenvalue weighted by Crippen LogP contribution is -2.47. The average Bonchev–Trinajstić information content (AvgIpc) is 2.43. The SMILES string of the molecule is O=C(OCCC(F)(F)C(F)(F)S(=O)(=O)O)c1c(I)cc(I)c(O)c1I. The van der Waals surface area contributed by atoms with Gasteiger partial charge in [-0.15, -0.1) is 0 Å². The Morgan fingerprint density at radius 1 is 1.16 bits per heavy atom. The summed E-state index contributed by atoms with van der Waals surface area (Å²) in [6.07, 6.45) is -1.84. The zero-order valence-electron chi connectivity index (χ0n) is 11.6. The third-order valence-corrected chi connectivity index (χ3v) is 6.42. The first-order valence-electron chi connectivity index (χ1n) is 5.89. The molecule has 0 bridgehead atoms. The minimum atomic E-state index is -6.35. The number of ether oxygens (including phenoxy) is 1. The van der Waals surface area contributed by atoms with E-state index in [4.69, 9.17) is 4.55 Å². The minimum absolute atomic E-state index is 0.0777. The molecule has 0 saturated heterocycles. The Balaban J connectivity index is 2.91. The molecule has 1 aromatic rings. The summed E-state index contributed by atoms with van der Waals surface area (Å²) in [5.41, 5.74) is -0.149. The van der Waals surface area contributed by atoms with E-state index in [9.17, 15) is 35.9 Å². The molecule has 2 N–H and O–H groups in total.